The van der Waals surface area contributed by atoms with Gasteiger partial charge in [0.05, 0.1) is 11.4 Å². The number of rotatable bonds is 3. The molecule has 20 heavy (non-hydrogen) atoms. The number of nitrogen functional groups attached to an aromatic ring is 1. The third-order valence-corrected chi connectivity index (χ3v) is 3.46. The number of amides is 1. The Morgan fingerprint density at radius 3 is 2.50 bits per heavy atom. The van der Waals surface area contributed by atoms with E-state index in [0.717, 1.165) is 0 Å². The molecule has 104 valence electrons. The van der Waals surface area contributed by atoms with Crippen molar-refractivity contribution in [3.05, 3.63) is 48.3 Å². The van der Waals surface area contributed by atoms with Crippen LogP contribution < -0.4 is 16.2 Å². The van der Waals surface area contributed by atoms with Gasteiger partial charge in [-0.15, -0.1) is 0 Å². The third kappa shape index (κ3) is 2.92. The Balaban J connectivity index is 2.37. The summed E-state index contributed by atoms with van der Waals surface area (Å²) >= 11 is 0. The maximum absolute atomic E-state index is 12.0. The number of nitrogens with two attached hydrogens (primary N) is 2. The zero-order valence-corrected chi connectivity index (χ0v) is 11.1. The maximum Gasteiger partial charge on any atom is 0.276 e. The normalized spacial score (nSPS) is 11.1. The average molecular weight is 292 g/mol. The van der Waals surface area contributed by atoms with E-state index in [0.29, 0.717) is 0 Å². The number of nitrogens with zero attached hydrogens (tertiary/aromatic N) is 1. The summed E-state index contributed by atoms with van der Waals surface area (Å²) in [5.41, 5.74) is 5.91. The van der Waals surface area contributed by atoms with Crippen LogP contribution in [0.1, 0.15) is 10.5 Å². The van der Waals surface area contributed by atoms with E-state index in [9.17, 15) is 13.2 Å². The van der Waals surface area contributed by atoms with Gasteiger partial charge in [-0.1, -0.05) is 12.1 Å². The number of para-hydroxylation sites is 1. The molecule has 0 fully saturated rings. The zero-order valence-electron chi connectivity index (χ0n) is 10.3. The van der Waals surface area contributed by atoms with Crippen LogP contribution in [-0.2, 0) is 10.0 Å². The second-order valence-electron chi connectivity index (χ2n) is 3.94. The minimum atomic E-state index is -3.94. The lowest BCUT2D eigenvalue weighted by Gasteiger charge is -2.09. The Hall–Kier alpha value is -2.45. The molecule has 0 saturated carbocycles. The number of carbonyl (C=O) groups is 1. The molecule has 1 aromatic heterocycles. The average Bonchev–Trinajstić information content (AvgIpc) is 2.38. The minimum Gasteiger partial charge on any atom is -0.397 e. The van der Waals surface area contributed by atoms with E-state index in [1.165, 1.54) is 30.5 Å². The van der Waals surface area contributed by atoms with Crippen LogP contribution in [-0.4, -0.2) is 19.3 Å². The first-order valence-corrected chi connectivity index (χ1v) is 7.08. The van der Waals surface area contributed by atoms with Gasteiger partial charge in [0, 0.05) is 6.20 Å². The molecule has 1 aromatic carbocycles. The third-order valence-electron chi connectivity index (χ3n) is 2.50. The number of pyridine rings is 1. The monoisotopic (exact) mass is 292 g/mol. The largest absolute Gasteiger partial charge is 0.397 e. The molecule has 2 rings (SSSR count). The van der Waals surface area contributed by atoms with Gasteiger partial charge in [-0.05, 0) is 24.3 Å². The number of sulfonamides is 1. The molecule has 0 atom stereocenters. The molecule has 0 radical (unpaired) electrons. The summed E-state index contributed by atoms with van der Waals surface area (Å²) < 4.78 is 22.8. The van der Waals surface area contributed by atoms with Crippen molar-refractivity contribution in [1.82, 2.24) is 4.98 Å². The molecular weight excluding hydrogens is 280 g/mol. The molecule has 8 heteroatoms. The number of aromatic nitrogens is 1. The predicted molar refractivity (Wildman–Crippen MR) is 74.4 cm³/mol. The Morgan fingerprint density at radius 2 is 1.85 bits per heavy atom. The molecule has 0 spiro atoms. The highest BCUT2D eigenvalue weighted by atomic mass is 32.2. The molecule has 1 amide bonds. The van der Waals surface area contributed by atoms with Gasteiger partial charge < -0.3 is 11.1 Å². The van der Waals surface area contributed by atoms with E-state index in [2.05, 4.69) is 10.3 Å². The first-order valence-electron chi connectivity index (χ1n) is 5.53. The van der Waals surface area contributed by atoms with Crippen LogP contribution in [0.3, 0.4) is 0 Å². The van der Waals surface area contributed by atoms with Gasteiger partial charge in [0.1, 0.15) is 4.90 Å². The van der Waals surface area contributed by atoms with Gasteiger partial charge in [-0.25, -0.2) is 18.5 Å². The summed E-state index contributed by atoms with van der Waals surface area (Å²) in [6, 6.07) is 8.91. The van der Waals surface area contributed by atoms with Crippen molar-refractivity contribution < 1.29 is 13.2 Å². The first-order chi connectivity index (χ1) is 9.39. The van der Waals surface area contributed by atoms with Crippen molar-refractivity contribution in [2.75, 3.05) is 11.1 Å². The van der Waals surface area contributed by atoms with Crippen LogP contribution >= 0.6 is 0 Å². The number of benzene rings is 1. The summed E-state index contributed by atoms with van der Waals surface area (Å²) in [6.07, 6.45) is 1.41. The molecule has 1 heterocycles. The summed E-state index contributed by atoms with van der Waals surface area (Å²) in [4.78, 5) is 15.7. The molecular formula is C12H12N4O3S. The lowest BCUT2D eigenvalue weighted by molar-refractivity contribution is 0.102. The molecule has 0 aliphatic rings. The fraction of sp³-hybridized carbons (Fsp3) is 0. The summed E-state index contributed by atoms with van der Waals surface area (Å²) in [5, 5.41) is 7.52. The van der Waals surface area contributed by atoms with Crippen LogP contribution in [0.2, 0.25) is 0 Å². The molecule has 0 saturated heterocycles. The van der Waals surface area contributed by atoms with E-state index in [-0.39, 0.29) is 22.0 Å². The van der Waals surface area contributed by atoms with Crippen molar-refractivity contribution in [2.24, 2.45) is 5.14 Å². The van der Waals surface area contributed by atoms with Crippen LogP contribution in [0.4, 0.5) is 11.4 Å². The van der Waals surface area contributed by atoms with E-state index >= 15 is 0 Å². The standard InChI is InChI=1S/C12H12N4O3S/c13-8-4-3-7-15-11(8)12(17)16-9-5-1-2-6-10(9)20(14,18)19/h1-7H,13H2,(H,16,17)(H2,14,18,19). The Bertz CT molecular complexity index is 759. The number of carbonyl (C=O) groups excluding carboxylic acids is 1. The molecule has 7 nitrogen and oxygen atoms in total. The highest BCUT2D eigenvalue weighted by molar-refractivity contribution is 7.89. The number of primary sulfonamides is 1. The molecule has 0 bridgehead atoms. The first kappa shape index (κ1) is 14.0. The number of hydrogen-bond donors (Lipinski definition) is 3. The van der Waals surface area contributed by atoms with Crippen LogP contribution in [0.25, 0.3) is 0 Å². The highest BCUT2D eigenvalue weighted by Crippen LogP contribution is 2.20. The second-order valence-corrected chi connectivity index (χ2v) is 5.47. The van der Waals surface area contributed by atoms with E-state index < -0.39 is 15.9 Å². The van der Waals surface area contributed by atoms with Gasteiger partial charge >= 0.3 is 0 Å². The van der Waals surface area contributed by atoms with E-state index in [4.69, 9.17) is 10.9 Å². The minimum absolute atomic E-state index is 0.0109. The van der Waals surface area contributed by atoms with Crippen LogP contribution in [0.5, 0.6) is 0 Å². The smallest absolute Gasteiger partial charge is 0.276 e. The number of nitrogens with one attached hydrogen (secondary N) is 1. The predicted octanol–water partition coefficient (Wildman–Crippen LogP) is 0.564. The fourth-order valence-electron chi connectivity index (χ4n) is 1.61. The highest BCUT2D eigenvalue weighted by Gasteiger charge is 2.17. The van der Waals surface area contributed by atoms with Gasteiger partial charge in [0.25, 0.3) is 5.91 Å². The molecule has 0 unspecified atom stereocenters. The van der Waals surface area contributed by atoms with Crippen molar-refractivity contribution in [3.8, 4) is 0 Å². The fourth-order valence-corrected chi connectivity index (χ4v) is 2.30. The molecule has 0 aliphatic heterocycles. The maximum atomic E-state index is 12.0. The molecule has 2 aromatic rings. The van der Waals surface area contributed by atoms with Gasteiger partial charge in [0.15, 0.2) is 5.69 Å². The summed E-state index contributed by atoms with van der Waals surface area (Å²) in [7, 11) is -3.94. The number of hydrogen-bond acceptors (Lipinski definition) is 5. The second kappa shape index (κ2) is 5.27. The Labute approximate surface area is 115 Å². The van der Waals surface area contributed by atoms with Gasteiger partial charge in [-0.2, -0.15) is 0 Å². The lowest BCUT2D eigenvalue weighted by atomic mass is 10.2. The van der Waals surface area contributed by atoms with E-state index in [1.54, 1.807) is 12.1 Å². The quantitative estimate of drug-likeness (QED) is 0.761. The summed E-state index contributed by atoms with van der Waals surface area (Å²) in [5.74, 6) is -0.612. The van der Waals surface area contributed by atoms with Crippen molar-refractivity contribution in [2.45, 2.75) is 4.90 Å². The van der Waals surface area contributed by atoms with Crippen molar-refractivity contribution >= 4 is 27.3 Å². The van der Waals surface area contributed by atoms with Gasteiger partial charge in [0.2, 0.25) is 10.0 Å². The zero-order chi connectivity index (χ0) is 14.8. The lowest BCUT2D eigenvalue weighted by Crippen LogP contribution is -2.19. The van der Waals surface area contributed by atoms with Crippen molar-refractivity contribution in [1.29, 1.82) is 0 Å². The van der Waals surface area contributed by atoms with Gasteiger partial charge in [-0.3, -0.25) is 4.79 Å². The Kier molecular flexibility index (Phi) is 3.68. The van der Waals surface area contributed by atoms with Crippen LogP contribution in [0, 0.1) is 0 Å². The van der Waals surface area contributed by atoms with Crippen molar-refractivity contribution in [3.63, 3.8) is 0 Å². The summed E-state index contributed by atoms with van der Waals surface area (Å²) in [6.45, 7) is 0. The SMILES string of the molecule is Nc1cccnc1C(=O)Nc1ccccc1S(N)(=O)=O. The topological polar surface area (TPSA) is 128 Å². The molecule has 0 aliphatic carbocycles. The number of anilines is 2. The Morgan fingerprint density at radius 1 is 1.15 bits per heavy atom. The van der Waals surface area contributed by atoms with Crippen LogP contribution in [0.15, 0.2) is 47.5 Å². The van der Waals surface area contributed by atoms with E-state index in [1.807, 2.05) is 0 Å². The molecule has 5 N–H and O–H groups in total.